The maximum atomic E-state index is 10.2. The first-order valence-electron chi connectivity index (χ1n) is 6.49. The topological polar surface area (TPSA) is 25.2 Å². The fourth-order valence-electron chi connectivity index (χ4n) is 2.47. The lowest BCUT2D eigenvalue weighted by Gasteiger charge is -2.09. The van der Waals surface area contributed by atoms with Crippen LogP contribution in [0.25, 0.3) is 10.9 Å². The van der Waals surface area contributed by atoms with Crippen LogP contribution in [0.2, 0.25) is 0 Å². The molecule has 0 saturated carbocycles. The Morgan fingerprint density at radius 2 is 1.79 bits per heavy atom. The van der Waals surface area contributed by atoms with E-state index in [9.17, 15) is 5.11 Å². The van der Waals surface area contributed by atoms with Crippen LogP contribution >= 0.6 is 0 Å². The summed E-state index contributed by atoms with van der Waals surface area (Å²) in [5.41, 5.74) is 4.44. The first-order valence-corrected chi connectivity index (χ1v) is 6.49. The van der Waals surface area contributed by atoms with Crippen LogP contribution < -0.4 is 0 Å². The van der Waals surface area contributed by atoms with Gasteiger partial charge in [0, 0.05) is 18.1 Å². The van der Waals surface area contributed by atoms with E-state index < -0.39 is 0 Å². The van der Waals surface area contributed by atoms with Crippen molar-refractivity contribution in [3.05, 3.63) is 65.4 Å². The molecule has 0 spiro atoms. The fourth-order valence-corrected chi connectivity index (χ4v) is 2.47. The number of hydrogen-bond acceptors (Lipinski definition) is 1. The minimum atomic E-state index is 0.404. The second kappa shape index (κ2) is 4.47. The molecule has 2 heteroatoms. The van der Waals surface area contributed by atoms with Gasteiger partial charge in [-0.05, 0) is 42.7 Å². The van der Waals surface area contributed by atoms with Crippen LogP contribution in [0.15, 0.2) is 48.7 Å². The van der Waals surface area contributed by atoms with E-state index in [1.807, 2.05) is 44.3 Å². The number of benzene rings is 2. The summed E-state index contributed by atoms with van der Waals surface area (Å²) in [6.45, 7) is 4.82. The number of phenols is 1. The van der Waals surface area contributed by atoms with E-state index in [0.29, 0.717) is 5.75 Å². The molecule has 2 nitrogen and oxygen atoms in total. The van der Waals surface area contributed by atoms with Crippen molar-refractivity contribution in [2.75, 3.05) is 0 Å². The molecule has 1 N–H and O–H groups in total. The molecule has 96 valence electrons. The van der Waals surface area contributed by atoms with Crippen molar-refractivity contribution in [1.29, 1.82) is 0 Å². The van der Waals surface area contributed by atoms with Gasteiger partial charge in [-0.2, -0.15) is 0 Å². The van der Waals surface area contributed by atoms with E-state index in [2.05, 4.69) is 22.8 Å². The zero-order valence-corrected chi connectivity index (χ0v) is 11.2. The molecule has 0 atom stereocenters. The third-order valence-corrected chi connectivity index (χ3v) is 3.76. The number of aromatic nitrogens is 1. The Morgan fingerprint density at radius 3 is 2.53 bits per heavy atom. The fraction of sp³-hybridized carbons (Fsp3) is 0.176. The van der Waals surface area contributed by atoms with E-state index in [0.717, 1.165) is 28.6 Å². The number of hydrogen-bond donors (Lipinski definition) is 1. The highest BCUT2D eigenvalue weighted by molar-refractivity contribution is 5.88. The lowest BCUT2D eigenvalue weighted by molar-refractivity contribution is 0.477. The van der Waals surface area contributed by atoms with Gasteiger partial charge in [0.2, 0.25) is 0 Å². The molecule has 0 unspecified atom stereocenters. The van der Waals surface area contributed by atoms with Crippen molar-refractivity contribution in [3.8, 4) is 5.75 Å². The largest absolute Gasteiger partial charge is 0.507 e. The van der Waals surface area contributed by atoms with E-state index in [-0.39, 0.29) is 0 Å². The monoisotopic (exact) mass is 251 g/mol. The number of phenolic OH excluding ortho intramolecular Hbond substituents is 1. The zero-order valence-electron chi connectivity index (χ0n) is 11.2. The predicted octanol–water partition coefficient (Wildman–Crippen LogP) is 4.01. The summed E-state index contributed by atoms with van der Waals surface area (Å²) in [6.07, 6.45) is 2.04. The maximum absolute atomic E-state index is 10.2. The molecule has 19 heavy (non-hydrogen) atoms. The standard InChI is InChI=1S/C17H17NO/c1-12-10-16-15(17(19)13(12)2)8-9-18(16)11-14-6-4-3-5-7-14/h3-10,19H,11H2,1-2H3. The highest BCUT2D eigenvalue weighted by Gasteiger charge is 2.10. The molecule has 1 heterocycles. The average molecular weight is 251 g/mol. The van der Waals surface area contributed by atoms with Gasteiger partial charge in [-0.1, -0.05) is 30.3 Å². The molecule has 3 rings (SSSR count). The van der Waals surface area contributed by atoms with Crippen LogP contribution in [0.3, 0.4) is 0 Å². The number of aromatic hydroxyl groups is 1. The molecule has 0 aliphatic rings. The first-order chi connectivity index (χ1) is 9.16. The van der Waals surface area contributed by atoms with Crippen LogP contribution in [0.4, 0.5) is 0 Å². The van der Waals surface area contributed by atoms with Crippen LogP contribution in [0.5, 0.6) is 5.75 Å². The molecule has 3 aromatic rings. The Balaban J connectivity index is 2.11. The lowest BCUT2D eigenvalue weighted by atomic mass is 10.1. The minimum Gasteiger partial charge on any atom is -0.507 e. The van der Waals surface area contributed by atoms with Gasteiger partial charge in [0.25, 0.3) is 0 Å². The van der Waals surface area contributed by atoms with E-state index in [1.165, 1.54) is 5.56 Å². The lowest BCUT2D eigenvalue weighted by Crippen LogP contribution is -1.98. The van der Waals surface area contributed by atoms with Crippen LogP contribution in [0.1, 0.15) is 16.7 Å². The Bertz CT molecular complexity index is 726. The number of aryl methyl sites for hydroxylation is 1. The molecular formula is C17H17NO. The maximum Gasteiger partial charge on any atom is 0.128 e. The minimum absolute atomic E-state index is 0.404. The first kappa shape index (κ1) is 11.8. The van der Waals surface area contributed by atoms with Gasteiger partial charge in [0.1, 0.15) is 5.75 Å². The summed E-state index contributed by atoms with van der Waals surface area (Å²) in [7, 11) is 0. The van der Waals surface area contributed by atoms with Gasteiger partial charge in [0.15, 0.2) is 0 Å². The van der Waals surface area contributed by atoms with E-state index in [4.69, 9.17) is 0 Å². The van der Waals surface area contributed by atoms with Crippen LogP contribution in [-0.2, 0) is 6.54 Å². The predicted molar refractivity (Wildman–Crippen MR) is 78.6 cm³/mol. The summed E-state index contributed by atoms with van der Waals surface area (Å²) >= 11 is 0. The number of rotatable bonds is 2. The summed E-state index contributed by atoms with van der Waals surface area (Å²) in [4.78, 5) is 0. The van der Waals surface area contributed by atoms with Crippen molar-refractivity contribution in [2.24, 2.45) is 0 Å². The third-order valence-electron chi connectivity index (χ3n) is 3.76. The highest BCUT2D eigenvalue weighted by Crippen LogP contribution is 2.31. The van der Waals surface area contributed by atoms with Crippen molar-refractivity contribution in [2.45, 2.75) is 20.4 Å². The van der Waals surface area contributed by atoms with Crippen molar-refractivity contribution in [3.63, 3.8) is 0 Å². The third kappa shape index (κ3) is 1.99. The smallest absolute Gasteiger partial charge is 0.128 e. The van der Waals surface area contributed by atoms with Gasteiger partial charge in [0.05, 0.1) is 5.52 Å². The normalized spacial score (nSPS) is 11.1. The molecule has 2 aromatic carbocycles. The van der Waals surface area contributed by atoms with Gasteiger partial charge in [-0.3, -0.25) is 0 Å². The molecule has 0 aliphatic heterocycles. The number of fused-ring (bicyclic) bond motifs is 1. The number of nitrogens with zero attached hydrogens (tertiary/aromatic N) is 1. The summed E-state index contributed by atoms with van der Waals surface area (Å²) in [6, 6.07) is 14.5. The highest BCUT2D eigenvalue weighted by atomic mass is 16.3. The molecule has 0 bridgehead atoms. The Kier molecular flexibility index (Phi) is 2.79. The molecular weight excluding hydrogens is 234 g/mol. The van der Waals surface area contributed by atoms with Crippen LogP contribution in [0, 0.1) is 13.8 Å². The molecule has 0 fully saturated rings. The Hall–Kier alpha value is -2.22. The molecule has 0 saturated heterocycles. The van der Waals surface area contributed by atoms with Gasteiger partial charge in [-0.15, -0.1) is 0 Å². The van der Waals surface area contributed by atoms with E-state index in [1.54, 1.807) is 0 Å². The van der Waals surface area contributed by atoms with Crippen LogP contribution in [-0.4, -0.2) is 9.67 Å². The van der Waals surface area contributed by atoms with Crippen molar-refractivity contribution < 1.29 is 5.11 Å². The average Bonchev–Trinajstić information content (AvgIpc) is 2.81. The SMILES string of the molecule is Cc1cc2c(ccn2Cc2ccccc2)c(O)c1C. The molecule has 0 radical (unpaired) electrons. The van der Waals surface area contributed by atoms with Gasteiger partial charge in [-0.25, -0.2) is 0 Å². The molecule has 1 aromatic heterocycles. The van der Waals surface area contributed by atoms with Crippen molar-refractivity contribution in [1.82, 2.24) is 4.57 Å². The quantitative estimate of drug-likeness (QED) is 0.731. The summed E-state index contributed by atoms with van der Waals surface area (Å²) < 4.78 is 2.18. The second-order valence-corrected chi connectivity index (χ2v) is 5.03. The molecule has 0 aliphatic carbocycles. The van der Waals surface area contributed by atoms with Gasteiger partial charge < -0.3 is 9.67 Å². The zero-order chi connectivity index (χ0) is 13.4. The Labute approximate surface area is 112 Å². The molecule has 0 amide bonds. The second-order valence-electron chi connectivity index (χ2n) is 5.03. The summed E-state index contributed by atoms with van der Waals surface area (Å²) in [5, 5.41) is 11.1. The van der Waals surface area contributed by atoms with Crippen molar-refractivity contribution >= 4 is 10.9 Å². The Morgan fingerprint density at radius 1 is 1.05 bits per heavy atom. The van der Waals surface area contributed by atoms with Gasteiger partial charge >= 0.3 is 0 Å². The van der Waals surface area contributed by atoms with E-state index >= 15 is 0 Å². The summed E-state index contributed by atoms with van der Waals surface area (Å²) in [5.74, 6) is 0.404.